The Morgan fingerprint density at radius 1 is 1.17 bits per heavy atom. The smallest absolute Gasteiger partial charge is 0.0422 e. The van der Waals surface area contributed by atoms with Crippen LogP contribution in [-0.2, 0) is 6.42 Å². The van der Waals surface area contributed by atoms with Crippen LogP contribution in [-0.4, -0.2) is 0 Å². The molecule has 0 saturated carbocycles. The molecule has 0 aromatic heterocycles. The average molecular weight is 324 g/mol. The van der Waals surface area contributed by atoms with Crippen LogP contribution in [0.1, 0.15) is 64.5 Å². The molecule has 0 atom stereocenters. The third-order valence-electron chi connectivity index (χ3n) is 4.17. The van der Waals surface area contributed by atoms with Crippen LogP contribution in [0.3, 0.4) is 0 Å². The van der Waals surface area contributed by atoms with E-state index in [0.29, 0.717) is 0 Å². The second-order valence-corrected chi connectivity index (χ2v) is 6.31. The lowest BCUT2D eigenvalue weighted by Crippen LogP contribution is -2.03. The van der Waals surface area contributed by atoms with E-state index in [0.717, 1.165) is 36.2 Å². The summed E-state index contributed by atoms with van der Waals surface area (Å²) in [5.41, 5.74) is 7.04. The van der Waals surface area contributed by atoms with Gasteiger partial charge < -0.3 is 5.32 Å². The molecule has 0 aliphatic carbocycles. The Bertz CT molecular complexity index is 617. The fourth-order valence-electron chi connectivity index (χ4n) is 2.55. The summed E-state index contributed by atoms with van der Waals surface area (Å²) >= 11 is 0. The summed E-state index contributed by atoms with van der Waals surface area (Å²) in [4.78, 5) is 0. The van der Waals surface area contributed by atoms with Crippen molar-refractivity contribution in [1.29, 1.82) is 0 Å². The van der Waals surface area contributed by atoms with Crippen molar-refractivity contribution in [3.63, 3.8) is 0 Å². The van der Waals surface area contributed by atoms with E-state index in [2.05, 4.69) is 63.5 Å². The molecule has 1 N–H and O–H groups in total. The molecule has 1 nitrogen and oxygen atoms in total. The predicted molar refractivity (Wildman–Crippen MR) is 110 cm³/mol. The van der Waals surface area contributed by atoms with Crippen molar-refractivity contribution in [2.24, 2.45) is 0 Å². The zero-order valence-corrected chi connectivity index (χ0v) is 15.9. The summed E-state index contributed by atoms with van der Waals surface area (Å²) in [6, 6.07) is 6.68. The van der Waals surface area contributed by atoms with Crippen molar-refractivity contribution in [2.45, 2.75) is 59.8 Å². The lowest BCUT2D eigenvalue weighted by atomic mass is 9.98. The molecule has 0 heterocycles. The van der Waals surface area contributed by atoms with E-state index in [1.54, 1.807) is 0 Å². The monoisotopic (exact) mass is 323 g/mol. The quantitative estimate of drug-likeness (QED) is 0.446. The molecule has 0 amide bonds. The fourth-order valence-corrected chi connectivity index (χ4v) is 2.55. The zero-order chi connectivity index (χ0) is 17.9. The Morgan fingerprint density at radius 3 is 2.54 bits per heavy atom. The average Bonchev–Trinajstić information content (AvgIpc) is 2.58. The van der Waals surface area contributed by atoms with E-state index in [4.69, 9.17) is 0 Å². The Hall–Kier alpha value is -2.02. The number of hydrogen-bond acceptors (Lipinski definition) is 1. The van der Waals surface area contributed by atoms with Gasteiger partial charge in [-0.1, -0.05) is 70.2 Å². The molecule has 0 fully saturated rings. The molecule has 0 saturated heterocycles. The fraction of sp³-hybridized carbons (Fsp3) is 0.391. The Labute approximate surface area is 148 Å². The van der Waals surface area contributed by atoms with Gasteiger partial charge in [-0.05, 0) is 61.4 Å². The standard InChI is InChI=1S/C23H33N/c1-7-10-13-18(4)20(6)24-23-17-22(19(5)12-9-3)16-15-21(23)14-11-8-2/h7,10,13,15-17,24H,5-6,8-9,11-12,14H2,1-4H3/b10-7-,18-13+. The van der Waals surface area contributed by atoms with Gasteiger partial charge in [0.25, 0.3) is 0 Å². The summed E-state index contributed by atoms with van der Waals surface area (Å²) in [5.74, 6) is 0. The van der Waals surface area contributed by atoms with Gasteiger partial charge in [0, 0.05) is 11.4 Å². The molecule has 0 aliphatic heterocycles. The van der Waals surface area contributed by atoms with E-state index < -0.39 is 0 Å². The third kappa shape index (κ3) is 6.23. The number of unbranched alkanes of at least 4 members (excludes halogenated alkanes) is 1. The first-order chi connectivity index (χ1) is 11.5. The van der Waals surface area contributed by atoms with Crippen molar-refractivity contribution in [3.8, 4) is 0 Å². The van der Waals surface area contributed by atoms with E-state index in [1.165, 1.54) is 29.5 Å². The minimum atomic E-state index is 0.948. The Kier molecular flexibility index (Phi) is 8.93. The molecule has 0 aliphatic rings. The molecular formula is C23H33N. The maximum absolute atomic E-state index is 4.23. The molecule has 0 radical (unpaired) electrons. The normalized spacial score (nSPS) is 11.8. The Morgan fingerprint density at radius 2 is 1.92 bits per heavy atom. The first kappa shape index (κ1) is 20.0. The van der Waals surface area contributed by atoms with Gasteiger partial charge in [0.15, 0.2) is 0 Å². The minimum Gasteiger partial charge on any atom is -0.356 e. The van der Waals surface area contributed by atoms with Gasteiger partial charge in [0.05, 0.1) is 0 Å². The lowest BCUT2D eigenvalue weighted by molar-refractivity contribution is 0.796. The first-order valence-electron chi connectivity index (χ1n) is 9.10. The number of nitrogens with one attached hydrogen (secondary N) is 1. The van der Waals surface area contributed by atoms with Crippen LogP contribution in [0.15, 0.2) is 60.9 Å². The van der Waals surface area contributed by atoms with Gasteiger partial charge in [0.1, 0.15) is 0 Å². The first-order valence-corrected chi connectivity index (χ1v) is 9.10. The largest absolute Gasteiger partial charge is 0.356 e. The van der Waals surface area contributed by atoms with Crippen molar-refractivity contribution >= 4 is 11.3 Å². The van der Waals surface area contributed by atoms with E-state index in [1.807, 2.05) is 19.1 Å². The highest BCUT2D eigenvalue weighted by molar-refractivity contribution is 5.70. The second kappa shape index (κ2) is 10.7. The van der Waals surface area contributed by atoms with Crippen LogP contribution in [0.5, 0.6) is 0 Å². The topological polar surface area (TPSA) is 12.0 Å². The van der Waals surface area contributed by atoms with Gasteiger partial charge in [-0.15, -0.1) is 0 Å². The summed E-state index contributed by atoms with van der Waals surface area (Å²) in [6.07, 6.45) is 11.8. The van der Waals surface area contributed by atoms with Crippen LogP contribution < -0.4 is 5.32 Å². The number of hydrogen-bond donors (Lipinski definition) is 1. The molecule has 1 heteroatoms. The van der Waals surface area contributed by atoms with Crippen molar-refractivity contribution in [1.82, 2.24) is 0 Å². The number of allylic oxidation sites excluding steroid dienone is 5. The summed E-state index contributed by atoms with van der Waals surface area (Å²) in [6.45, 7) is 17.0. The molecule has 1 aromatic rings. The molecule has 1 rings (SSSR count). The van der Waals surface area contributed by atoms with E-state index in [-0.39, 0.29) is 0 Å². The highest BCUT2D eigenvalue weighted by atomic mass is 14.9. The van der Waals surface area contributed by atoms with Crippen molar-refractivity contribution in [3.05, 3.63) is 72.0 Å². The number of anilines is 1. The molecular weight excluding hydrogens is 290 g/mol. The lowest BCUT2D eigenvalue weighted by Gasteiger charge is -2.17. The van der Waals surface area contributed by atoms with Gasteiger partial charge in [-0.3, -0.25) is 0 Å². The highest BCUT2D eigenvalue weighted by Gasteiger charge is 2.08. The molecule has 0 unspecified atom stereocenters. The van der Waals surface area contributed by atoms with Crippen LogP contribution >= 0.6 is 0 Å². The number of aryl methyl sites for hydroxylation is 1. The SMILES string of the molecule is C=C(Nc1cc(C(=C)CCC)ccc1CCCC)/C(C)=C/C=C\C. The maximum Gasteiger partial charge on any atom is 0.0422 e. The zero-order valence-electron chi connectivity index (χ0n) is 15.9. The van der Waals surface area contributed by atoms with E-state index in [9.17, 15) is 0 Å². The van der Waals surface area contributed by atoms with Gasteiger partial charge in [-0.25, -0.2) is 0 Å². The number of rotatable bonds is 10. The van der Waals surface area contributed by atoms with E-state index >= 15 is 0 Å². The van der Waals surface area contributed by atoms with Crippen LogP contribution in [0.4, 0.5) is 5.69 Å². The van der Waals surface area contributed by atoms with Crippen molar-refractivity contribution in [2.75, 3.05) is 5.32 Å². The minimum absolute atomic E-state index is 0.948. The molecule has 24 heavy (non-hydrogen) atoms. The van der Waals surface area contributed by atoms with Crippen LogP contribution in [0.2, 0.25) is 0 Å². The van der Waals surface area contributed by atoms with Gasteiger partial charge in [0.2, 0.25) is 0 Å². The van der Waals surface area contributed by atoms with Crippen molar-refractivity contribution < 1.29 is 0 Å². The summed E-state index contributed by atoms with van der Waals surface area (Å²) in [5, 5.41) is 3.53. The van der Waals surface area contributed by atoms with Gasteiger partial charge >= 0.3 is 0 Å². The van der Waals surface area contributed by atoms with Gasteiger partial charge in [-0.2, -0.15) is 0 Å². The number of benzene rings is 1. The molecule has 1 aromatic carbocycles. The summed E-state index contributed by atoms with van der Waals surface area (Å²) in [7, 11) is 0. The summed E-state index contributed by atoms with van der Waals surface area (Å²) < 4.78 is 0. The molecule has 130 valence electrons. The van der Waals surface area contributed by atoms with Crippen LogP contribution in [0.25, 0.3) is 5.57 Å². The third-order valence-corrected chi connectivity index (χ3v) is 4.17. The predicted octanol–water partition coefficient (Wildman–Crippen LogP) is 7.29. The van der Waals surface area contributed by atoms with Crippen LogP contribution in [0, 0.1) is 0 Å². The second-order valence-electron chi connectivity index (χ2n) is 6.31. The maximum atomic E-state index is 4.23. The Balaban J connectivity index is 3.08. The highest BCUT2D eigenvalue weighted by Crippen LogP contribution is 2.27. The molecule has 0 spiro atoms. The molecule has 0 bridgehead atoms.